The zero-order valence-electron chi connectivity index (χ0n) is 5.67. The van der Waals surface area contributed by atoms with E-state index in [1.165, 1.54) is 6.08 Å². The number of hydrogen-bond acceptors (Lipinski definition) is 2. The Balaban J connectivity index is -0.0000000131. The average Bonchev–Trinajstić information content (AvgIpc) is 1.69. The maximum atomic E-state index is 7.76. The number of aliphatic hydroxyl groups excluding tert-OH is 2. The summed E-state index contributed by atoms with van der Waals surface area (Å²) in [6.45, 7) is 6.23. The second-order valence-electron chi connectivity index (χ2n) is 0.654. The van der Waals surface area contributed by atoms with Crippen molar-refractivity contribution in [2.75, 3.05) is 6.61 Å². The van der Waals surface area contributed by atoms with Crippen LogP contribution in [0, 0.1) is 0 Å². The van der Waals surface area contributed by atoms with Gasteiger partial charge in [-0.2, -0.15) is 0 Å². The minimum absolute atomic E-state index is 0. The van der Waals surface area contributed by atoms with Crippen molar-refractivity contribution in [1.29, 1.82) is 0 Å². The Morgan fingerprint density at radius 3 is 1.30 bits per heavy atom. The summed E-state index contributed by atoms with van der Waals surface area (Å²) in [4.78, 5) is 0. The predicted octanol–water partition coefficient (Wildman–Crippen LogP) is -0.799. The van der Waals surface area contributed by atoms with E-state index >= 15 is 0 Å². The van der Waals surface area contributed by atoms with Crippen molar-refractivity contribution < 1.29 is 42.9 Å². The molecule has 0 bridgehead atoms. The predicted molar refractivity (Wildman–Crippen MR) is 37.3 cm³/mol. The van der Waals surface area contributed by atoms with Gasteiger partial charge in [0.1, 0.15) is 0 Å². The fraction of sp³-hybridized carbons (Fsp3) is 0.200. The smallest absolute Gasteiger partial charge is 0.0719 e. The van der Waals surface area contributed by atoms with Crippen molar-refractivity contribution in [2.45, 2.75) is 0 Å². The Kier molecular flexibility index (Phi) is 218. The van der Waals surface area contributed by atoms with Crippen LogP contribution in [0.2, 0.25) is 0 Å². The molecule has 10 heavy (non-hydrogen) atoms. The standard InChI is InChI=1S/C3H6O.C2H4O.2H2O.Ti/c1-2-3-4;1-2-3;;;/h2,4H,1,3H2;2-3H,1H2;2*1H2;. The summed E-state index contributed by atoms with van der Waals surface area (Å²) in [6, 6.07) is 0. The molecule has 62 valence electrons. The number of aliphatic hydroxyl groups is 2. The van der Waals surface area contributed by atoms with E-state index in [2.05, 4.69) is 13.2 Å². The van der Waals surface area contributed by atoms with Crippen LogP contribution in [0.5, 0.6) is 0 Å². The van der Waals surface area contributed by atoms with Gasteiger partial charge in [-0.1, -0.05) is 12.7 Å². The van der Waals surface area contributed by atoms with Crippen LogP contribution in [-0.4, -0.2) is 27.8 Å². The quantitative estimate of drug-likeness (QED) is 0.318. The summed E-state index contributed by atoms with van der Waals surface area (Å²) < 4.78 is 0. The molecule has 0 fully saturated rings. The SMILES string of the molecule is C=CCO.C=CO.O.O.[Ti]. The Labute approximate surface area is 75.4 Å². The van der Waals surface area contributed by atoms with Crippen LogP contribution in [0.3, 0.4) is 0 Å². The van der Waals surface area contributed by atoms with Gasteiger partial charge < -0.3 is 21.2 Å². The molecular weight excluding hydrogens is 172 g/mol. The molecule has 0 spiro atoms. The Morgan fingerprint density at radius 2 is 1.30 bits per heavy atom. The maximum Gasteiger partial charge on any atom is 0.0719 e. The molecule has 0 aliphatic rings. The van der Waals surface area contributed by atoms with Crippen molar-refractivity contribution in [2.24, 2.45) is 0 Å². The second kappa shape index (κ2) is 66.6. The molecule has 0 saturated carbocycles. The molecule has 0 aromatic heterocycles. The van der Waals surface area contributed by atoms with E-state index in [1.807, 2.05) is 0 Å². The molecule has 0 heterocycles. The molecule has 0 aliphatic carbocycles. The molecule has 0 rings (SSSR count). The van der Waals surface area contributed by atoms with E-state index in [-0.39, 0.29) is 39.3 Å². The van der Waals surface area contributed by atoms with Gasteiger partial charge in [0.25, 0.3) is 0 Å². The summed E-state index contributed by atoms with van der Waals surface area (Å²) in [5, 5.41) is 15.1. The number of hydrogen-bond donors (Lipinski definition) is 2. The van der Waals surface area contributed by atoms with Crippen LogP contribution in [0.15, 0.2) is 25.5 Å². The van der Waals surface area contributed by atoms with Crippen molar-refractivity contribution in [1.82, 2.24) is 0 Å². The summed E-state index contributed by atoms with van der Waals surface area (Å²) >= 11 is 0. The summed E-state index contributed by atoms with van der Waals surface area (Å²) in [7, 11) is 0. The normalized spacial score (nSPS) is 3.70. The van der Waals surface area contributed by atoms with Crippen molar-refractivity contribution in [3.8, 4) is 0 Å². The maximum absolute atomic E-state index is 7.76. The van der Waals surface area contributed by atoms with Gasteiger partial charge in [0, 0.05) is 21.7 Å². The monoisotopic (exact) mass is 186 g/mol. The molecule has 4 nitrogen and oxygen atoms in total. The van der Waals surface area contributed by atoms with Crippen LogP contribution in [-0.2, 0) is 21.7 Å². The van der Waals surface area contributed by atoms with Gasteiger partial charge in [-0.05, 0) is 0 Å². The first kappa shape index (κ1) is 32.7. The first-order chi connectivity index (χ1) is 3.33. The first-order valence-electron chi connectivity index (χ1n) is 1.80. The zero-order valence-corrected chi connectivity index (χ0v) is 7.23. The molecule has 0 amide bonds. The van der Waals surface area contributed by atoms with E-state index in [0.29, 0.717) is 0 Å². The van der Waals surface area contributed by atoms with E-state index < -0.39 is 0 Å². The molecule has 0 aromatic carbocycles. The Hall–Kier alpha value is -0.126. The zero-order chi connectivity index (χ0) is 6.12. The molecule has 0 aliphatic heterocycles. The minimum atomic E-state index is 0. The molecule has 0 atom stereocenters. The molecule has 5 heteroatoms. The van der Waals surface area contributed by atoms with Gasteiger partial charge in [0.2, 0.25) is 0 Å². The summed E-state index contributed by atoms with van der Waals surface area (Å²) in [5.74, 6) is 0. The molecule has 0 unspecified atom stereocenters. The van der Waals surface area contributed by atoms with Crippen molar-refractivity contribution in [3.63, 3.8) is 0 Å². The van der Waals surface area contributed by atoms with Crippen molar-refractivity contribution >= 4 is 0 Å². The largest absolute Gasteiger partial charge is 0.516 e. The fourth-order valence-electron chi connectivity index (χ4n) is 0. The summed E-state index contributed by atoms with van der Waals surface area (Å²) in [6.07, 6.45) is 2.18. The van der Waals surface area contributed by atoms with Crippen LogP contribution < -0.4 is 0 Å². The third kappa shape index (κ3) is 487. The summed E-state index contributed by atoms with van der Waals surface area (Å²) in [5.41, 5.74) is 0. The van der Waals surface area contributed by atoms with Gasteiger partial charge in [0.15, 0.2) is 0 Å². The van der Waals surface area contributed by atoms with Crippen molar-refractivity contribution in [3.05, 3.63) is 25.5 Å². The van der Waals surface area contributed by atoms with Crippen LogP contribution in [0.1, 0.15) is 0 Å². The fourth-order valence-corrected chi connectivity index (χ4v) is 0. The molecule has 0 saturated heterocycles. The van der Waals surface area contributed by atoms with Gasteiger partial charge >= 0.3 is 0 Å². The van der Waals surface area contributed by atoms with E-state index in [1.54, 1.807) is 0 Å². The molecule has 0 aromatic rings. The van der Waals surface area contributed by atoms with E-state index in [9.17, 15) is 0 Å². The Bertz CT molecular complexity index is 48.9. The van der Waals surface area contributed by atoms with Crippen LogP contribution >= 0.6 is 0 Å². The third-order valence-corrected chi connectivity index (χ3v) is 0.129. The average molecular weight is 186 g/mol. The number of rotatable bonds is 1. The van der Waals surface area contributed by atoms with Crippen LogP contribution in [0.4, 0.5) is 0 Å². The van der Waals surface area contributed by atoms with Gasteiger partial charge in [-0.15, -0.1) is 6.58 Å². The first-order valence-corrected chi connectivity index (χ1v) is 1.80. The van der Waals surface area contributed by atoms with E-state index in [4.69, 9.17) is 10.2 Å². The van der Waals surface area contributed by atoms with Gasteiger partial charge in [0.05, 0.1) is 12.9 Å². The van der Waals surface area contributed by atoms with Crippen LogP contribution in [0.25, 0.3) is 0 Å². The topological polar surface area (TPSA) is 103 Å². The Morgan fingerprint density at radius 1 is 1.20 bits per heavy atom. The van der Waals surface area contributed by atoms with Gasteiger partial charge in [-0.3, -0.25) is 0 Å². The van der Waals surface area contributed by atoms with E-state index in [0.717, 1.165) is 6.26 Å². The second-order valence-corrected chi connectivity index (χ2v) is 0.654. The molecular formula is C5H14O4Ti. The molecule has 0 radical (unpaired) electrons. The molecule has 6 N–H and O–H groups in total. The third-order valence-electron chi connectivity index (χ3n) is 0.129. The van der Waals surface area contributed by atoms with Gasteiger partial charge in [-0.25, -0.2) is 0 Å². The minimum Gasteiger partial charge on any atom is -0.516 e.